The van der Waals surface area contributed by atoms with Crippen LogP contribution in [-0.2, 0) is 34.3 Å². The van der Waals surface area contributed by atoms with E-state index in [0.29, 0.717) is 30.4 Å². The van der Waals surface area contributed by atoms with Crippen molar-refractivity contribution in [2.24, 2.45) is 11.8 Å². The first-order valence-electron chi connectivity index (χ1n) is 10.4. The average Bonchev–Trinajstić information content (AvgIpc) is 2.68. The second-order valence-corrected chi connectivity index (χ2v) is 10.1. The van der Waals surface area contributed by atoms with Crippen molar-refractivity contribution in [2.75, 3.05) is 5.75 Å². The van der Waals surface area contributed by atoms with E-state index in [1.54, 1.807) is 18.4 Å². The fourth-order valence-corrected chi connectivity index (χ4v) is 5.52. The van der Waals surface area contributed by atoms with Gasteiger partial charge in [0.15, 0.2) is 0 Å². The highest BCUT2D eigenvalue weighted by Gasteiger charge is 2.29. The van der Waals surface area contributed by atoms with E-state index in [1.807, 2.05) is 0 Å². The maximum Gasteiger partial charge on any atom is 0.326 e. The largest absolute Gasteiger partial charge is 0.480 e. The van der Waals surface area contributed by atoms with E-state index in [0.717, 1.165) is 36.9 Å². The van der Waals surface area contributed by atoms with Gasteiger partial charge in [0.25, 0.3) is 11.5 Å². The molecule has 2 heterocycles. The Balaban J connectivity index is 1.98. The first kappa shape index (κ1) is 21.7. The van der Waals surface area contributed by atoms with E-state index in [9.17, 15) is 23.7 Å². The van der Waals surface area contributed by atoms with Crippen molar-refractivity contribution in [3.8, 4) is 0 Å². The van der Waals surface area contributed by atoms with Gasteiger partial charge in [-0.1, -0.05) is 33.1 Å². The van der Waals surface area contributed by atoms with Crippen LogP contribution in [0.1, 0.15) is 67.6 Å². The smallest absolute Gasteiger partial charge is 0.326 e. The summed E-state index contributed by atoms with van der Waals surface area (Å²) < 4.78 is 13.8. The zero-order chi connectivity index (χ0) is 21.1. The monoisotopic (exact) mass is 422 g/mol. The van der Waals surface area contributed by atoms with E-state index in [-0.39, 0.29) is 17.0 Å². The Morgan fingerprint density at radius 1 is 1.28 bits per heavy atom. The van der Waals surface area contributed by atoms with Crippen molar-refractivity contribution in [2.45, 2.75) is 70.7 Å². The van der Waals surface area contributed by atoms with Gasteiger partial charge in [-0.05, 0) is 42.7 Å². The zero-order valence-corrected chi connectivity index (χ0v) is 17.9. The lowest BCUT2D eigenvalue weighted by atomic mass is 9.89. The van der Waals surface area contributed by atoms with Crippen LogP contribution in [0.3, 0.4) is 0 Å². The van der Waals surface area contributed by atoms with Gasteiger partial charge in [-0.2, -0.15) is 0 Å². The van der Waals surface area contributed by atoms with E-state index < -0.39 is 28.7 Å². The Labute approximate surface area is 173 Å². The van der Waals surface area contributed by atoms with Gasteiger partial charge in [-0.25, -0.2) is 4.79 Å². The van der Waals surface area contributed by atoms with Gasteiger partial charge in [0.1, 0.15) is 11.6 Å². The number of hydrogen-bond acceptors (Lipinski definition) is 4. The van der Waals surface area contributed by atoms with Gasteiger partial charge in [-0.15, -0.1) is 0 Å². The molecular formula is C21H30N2O5S. The normalized spacial score (nSPS) is 20.9. The average molecular weight is 423 g/mol. The van der Waals surface area contributed by atoms with Gasteiger partial charge in [0.2, 0.25) is 0 Å². The molecule has 8 heteroatoms. The Morgan fingerprint density at radius 2 is 1.97 bits per heavy atom. The minimum Gasteiger partial charge on any atom is -0.480 e. The fourth-order valence-electron chi connectivity index (χ4n) is 4.35. The second-order valence-electron chi connectivity index (χ2n) is 8.52. The topological polar surface area (TPSA) is 105 Å². The lowest BCUT2D eigenvalue weighted by Gasteiger charge is -2.27. The number of carbonyl (C=O) groups is 2. The molecule has 1 amide bonds. The molecule has 0 aromatic carbocycles. The number of hydrogen-bond donors (Lipinski definition) is 2. The number of carbonyl (C=O) groups excluding carboxylic acids is 1. The van der Waals surface area contributed by atoms with Gasteiger partial charge >= 0.3 is 5.97 Å². The first-order chi connectivity index (χ1) is 13.8. The van der Waals surface area contributed by atoms with Crippen molar-refractivity contribution in [3.05, 3.63) is 33.2 Å². The molecule has 29 heavy (non-hydrogen) atoms. The highest BCUT2D eigenvalue weighted by atomic mass is 32.2. The highest BCUT2D eigenvalue weighted by molar-refractivity contribution is 7.84. The molecule has 1 aliphatic carbocycles. The van der Waals surface area contributed by atoms with Crippen LogP contribution in [0.15, 0.2) is 10.9 Å². The Morgan fingerprint density at radius 3 is 2.59 bits per heavy atom. The number of aliphatic carboxylic acids is 1. The number of aromatic nitrogens is 1. The summed E-state index contributed by atoms with van der Waals surface area (Å²) in [5, 5.41) is 11.9. The lowest BCUT2D eigenvalue weighted by molar-refractivity contribution is -0.140. The minimum atomic E-state index is -1.13. The SMILES string of the molecule is CC(C)C(NC(=O)c1cc2c(n(CC3CCCCC3)c1=O)CCS(=O)C2)C(=O)O. The molecule has 0 radical (unpaired) electrons. The highest BCUT2D eigenvalue weighted by Crippen LogP contribution is 2.27. The molecule has 1 fully saturated rings. The Bertz CT molecular complexity index is 871. The van der Waals surface area contributed by atoms with Crippen molar-refractivity contribution in [1.82, 2.24) is 9.88 Å². The number of pyridine rings is 1. The molecule has 2 N–H and O–H groups in total. The number of carboxylic acid groups (broad SMARTS) is 1. The summed E-state index contributed by atoms with van der Waals surface area (Å²) >= 11 is 0. The van der Waals surface area contributed by atoms with Crippen molar-refractivity contribution >= 4 is 22.7 Å². The first-order valence-corrected chi connectivity index (χ1v) is 11.9. The van der Waals surface area contributed by atoms with Gasteiger partial charge in [-0.3, -0.25) is 13.8 Å². The zero-order valence-electron chi connectivity index (χ0n) is 17.1. The van der Waals surface area contributed by atoms with Crippen LogP contribution in [0.25, 0.3) is 0 Å². The molecule has 0 bridgehead atoms. The van der Waals surface area contributed by atoms with E-state index in [1.165, 1.54) is 12.5 Å². The molecule has 2 aliphatic rings. The maximum atomic E-state index is 13.2. The number of nitrogens with one attached hydrogen (secondary N) is 1. The number of fused-ring (bicyclic) bond motifs is 1. The number of nitrogens with zero attached hydrogens (tertiary/aromatic N) is 1. The molecule has 2 unspecified atom stereocenters. The van der Waals surface area contributed by atoms with E-state index in [2.05, 4.69) is 5.32 Å². The molecule has 1 aliphatic heterocycles. The van der Waals surface area contributed by atoms with Gasteiger partial charge in [0.05, 0.1) is 5.75 Å². The van der Waals surface area contributed by atoms with Crippen LogP contribution in [0.2, 0.25) is 0 Å². The predicted molar refractivity (Wildman–Crippen MR) is 111 cm³/mol. The van der Waals surface area contributed by atoms with Crippen LogP contribution in [0.4, 0.5) is 0 Å². The lowest BCUT2D eigenvalue weighted by Crippen LogP contribution is -2.46. The van der Waals surface area contributed by atoms with E-state index >= 15 is 0 Å². The van der Waals surface area contributed by atoms with E-state index in [4.69, 9.17) is 0 Å². The van der Waals surface area contributed by atoms with Gasteiger partial charge in [0, 0.05) is 28.8 Å². The standard InChI is InChI=1S/C21H30N2O5S/c1-13(2)18(21(26)27)22-19(24)16-10-15-12-29(28)9-8-17(15)23(20(16)25)11-14-6-4-3-5-7-14/h10,13-14,18H,3-9,11-12H2,1-2H3,(H,22,24)(H,26,27). The molecule has 160 valence electrons. The Hall–Kier alpha value is -1.96. The van der Waals surface area contributed by atoms with Crippen molar-refractivity contribution < 1.29 is 18.9 Å². The summed E-state index contributed by atoms with van der Waals surface area (Å²) in [7, 11) is -1.01. The van der Waals surface area contributed by atoms with Crippen molar-refractivity contribution in [1.29, 1.82) is 0 Å². The van der Waals surface area contributed by atoms with Crippen LogP contribution in [-0.4, -0.2) is 37.6 Å². The molecule has 1 aromatic rings. The fraction of sp³-hybridized carbons (Fsp3) is 0.667. The molecule has 0 spiro atoms. The van der Waals surface area contributed by atoms with Crippen LogP contribution in [0, 0.1) is 11.8 Å². The third-order valence-electron chi connectivity index (χ3n) is 6.00. The maximum absolute atomic E-state index is 13.2. The molecule has 1 aromatic heterocycles. The quantitative estimate of drug-likeness (QED) is 0.730. The minimum absolute atomic E-state index is 0.0506. The molecule has 0 saturated heterocycles. The van der Waals surface area contributed by atoms with Crippen LogP contribution < -0.4 is 10.9 Å². The van der Waals surface area contributed by atoms with Crippen molar-refractivity contribution in [3.63, 3.8) is 0 Å². The summed E-state index contributed by atoms with van der Waals surface area (Å²) in [6, 6.07) is 0.458. The summed E-state index contributed by atoms with van der Waals surface area (Å²) in [4.78, 5) is 37.5. The molecule has 3 rings (SSSR count). The number of amides is 1. The summed E-state index contributed by atoms with van der Waals surface area (Å²) in [6.07, 6.45) is 6.23. The Kier molecular flexibility index (Phi) is 6.93. The predicted octanol–water partition coefficient (Wildman–Crippen LogP) is 2.07. The summed E-state index contributed by atoms with van der Waals surface area (Å²) in [5.41, 5.74) is 1.24. The third-order valence-corrected chi connectivity index (χ3v) is 7.30. The number of carboxylic acids is 1. The molecule has 1 saturated carbocycles. The van der Waals surface area contributed by atoms with Crippen LogP contribution in [0.5, 0.6) is 0 Å². The third kappa shape index (κ3) is 4.97. The molecular weight excluding hydrogens is 392 g/mol. The number of rotatable bonds is 6. The molecule has 7 nitrogen and oxygen atoms in total. The van der Waals surface area contributed by atoms with Gasteiger partial charge < -0.3 is 15.0 Å². The van der Waals surface area contributed by atoms with Crippen LogP contribution >= 0.6 is 0 Å². The summed E-state index contributed by atoms with van der Waals surface area (Å²) in [6.45, 7) is 3.98. The molecule has 2 atom stereocenters. The second kappa shape index (κ2) is 9.24. The summed E-state index contributed by atoms with van der Waals surface area (Å²) in [5.74, 6) is -0.864.